The largest absolute Gasteiger partial charge is 0.352 e. The van der Waals surface area contributed by atoms with E-state index in [4.69, 9.17) is 11.6 Å². The minimum Gasteiger partial charge on any atom is -0.352 e. The molecule has 1 unspecified atom stereocenters. The molecule has 0 radical (unpaired) electrons. The van der Waals surface area contributed by atoms with Crippen molar-refractivity contribution in [3.8, 4) is 0 Å². The molecule has 0 fully saturated rings. The Kier molecular flexibility index (Phi) is 7.21. The second kappa shape index (κ2) is 8.44. The molecule has 1 amide bonds. The third kappa shape index (κ3) is 5.32. The molecule has 0 bridgehead atoms. The SMILES string of the molecule is CSc1ccc(C(=O)NCCCC(C)CCl)cc1. The van der Waals surface area contributed by atoms with E-state index >= 15 is 0 Å². The number of rotatable bonds is 7. The van der Waals surface area contributed by atoms with Crippen molar-refractivity contribution in [3.05, 3.63) is 29.8 Å². The average Bonchev–Trinajstić information content (AvgIpc) is 2.43. The Labute approximate surface area is 118 Å². The first-order valence-corrected chi connectivity index (χ1v) is 7.91. The first-order valence-electron chi connectivity index (χ1n) is 6.15. The zero-order valence-corrected chi connectivity index (χ0v) is 12.5. The highest BCUT2D eigenvalue weighted by Gasteiger charge is 2.05. The maximum Gasteiger partial charge on any atom is 0.251 e. The van der Waals surface area contributed by atoms with Crippen LogP contribution in [0.15, 0.2) is 29.2 Å². The molecule has 1 N–H and O–H groups in total. The number of halogens is 1. The van der Waals surface area contributed by atoms with Gasteiger partial charge in [-0.05, 0) is 49.3 Å². The first-order chi connectivity index (χ1) is 8.67. The summed E-state index contributed by atoms with van der Waals surface area (Å²) in [5, 5.41) is 2.93. The summed E-state index contributed by atoms with van der Waals surface area (Å²) in [6, 6.07) is 7.66. The average molecular weight is 286 g/mol. The summed E-state index contributed by atoms with van der Waals surface area (Å²) < 4.78 is 0. The predicted octanol–water partition coefficient (Wildman–Crippen LogP) is 3.79. The second-order valence-electron chi connectivity index (χ2n) is 4.39. The van der Waals surface area contributed by atoms with Crippen LogP contribution in [-0.2, 0) is 0 Å². The van der Waals surface area contributed by atoms with Crippen molar-refractivity contribution in [1.29, 1.82) is 0 Å². The smallest absolute Gasteiger partial charge is 0.251 e. The molecular formula is C14H20ClNOS. The van der Waals surface area contributed by atoms with Crippen LogP contribution in [0.3, 0.4) is 0 Å². The minimum atomic E-state index is 0.00109. The molecule has 0 saturated carbocycles. The van der Waals surface area contributed by atoms with Gasteiger partial charge < -0.3 is 5.32 Å². The molecule has 100 valence electrons. The normalized spacial score (nSPS) is 12.2. The Morgan fingerprint density at radius 2 is 2.06 bits per heavy atom. The van der Waals surface area contributed by atoms with Crippen molar-refractivity contribution in [2.75, 3.05) is 18.7 Å². The van der Waals surface area contributed by atoms with Crippen molar-refractivity contribution >= 4 is 29.3 Å². The van der Waals surface area contributed by atoms with E-state index in [9.17, 15) is 4.79 Å². The lowest BCUT2D eigenvalue weighted by molar-refractivity contribution is 0.0952. The van der Waals surface area contributed by atoms with Crippen LogP contribution in [0.2, 0.25) is 0 Å². The van der Waals surface area contributed by atoms with Gasteiger partial charge in [0.2, 0.25) is 0 Å². The van der Waals surface area contributed by atoms with Crippen molar-refractivity contribution in [2.45, 2.75) is 24.7 Å². The molecular weight excluding hydrogens is 266 g/mol. The van der Waals surface area contributed by atoms with Crippen LogP contribution in [0.5, 0.6) is 0 Å². The predicted molar refractivity (Wildman–Crippen MR) is 79.7 cm³/mol. The van der Waals surface area contributed by atoms with Crippen LogP contribution in [-0.4, -0.2) is 24.6 Å². The molecule has 2 nitrogen and oxygen atoms in total. The summed E-state index contributed by atoms with van der Waals surface area (Å²) >= 11 is 7.40. The first kappa shape index (κ1) is 15.4. The van der Waals surface area contributed by atoms with Crippen LogP contribution in [0, 0.1) is 5.92 Å². The quantitative estimate of drug-likeness (QED) is 0.469. The number of benzene rings is 1. The van der Waals surface area contributed by atoms with Gasteiger partial charge in [-0.25, -0.2) is 0 Å². The molecule has 0 aliphatic carbocycles. The number of hydrogen-bond acceptors (Lipinski definition) is 2. The van der Waals surface area contributed by atoms with Gasteiger partial charge in [-0.15, -0.1) is 23.4 Å². The fraction of sp³-hybridized carbons (Fsp3) is 0.500. The highest BCUT2D eigenvalue weighted by Crippen LogP contribution is 2.14. The fourth-order valence-corrected chi connectivity index (χ4v) is 2.14. The third-order valence-corrected chi connectivity index (χ3v) is 4.05. The zero-order chi connectivity index (χ0) is 13.4. The van der Waals surface area contributed by atoms with Gasteiger partial charge >= 0.3 is 0 Å². The summed E-state index contributed by atoms with van der Waals surface area (Å²) in [6.45, 7) is 2.83. The van der Waals surface area contributed by atoms with Crippen LogP contribution >= 0.6 is 23.4 Å². The lowest BCUT2D eigenvalue weighted by atomic mass is 10.1. The molecule has 0 heterocycles. The molecule has 1 aromatic rings. The second-order valence-corrected chi connectivity index (χ2v) is 5.57. The molecule has 0 aromatic heterocycles. The van der Waals surface area contributed by atoms with Gasteiger partial charge in [0.1, 0.15) is 0 Å². The number of thioether (sulfide) groups is 1. The van der Waals surface area contributed by atoms with Gasteiger partial charge in [0.15, 0.2) is 0 Å². The van der Waals surface area contributed by atoms with Crippen molar-refractivity contribution < 1.29 is 4.79 Å². The number of amides is 1. The van der Waals surface area contributed by atoms with Gasteiger partial charge in [0.05, 0.1) is 0 Å². The van der Waals surface area contributed by atoms with E-state index in [1.165, 1.54) is 4.90 Å². The van der Waals surface area contributed by atoms with Gasteiger partial charge in [-0.3, -0.25) is 4.79 Å². The molecule has 1 rings (SSSR count). The Balaban J connectivity index is 2.31. The molecule has 1 aromatic carbocycles. The third-order valence-electron chi connectivity index (χ3n) is 2.77. The van der Waals surface area contributed by atoms with E-state index in [1.807, 2.05) is 30.5 Å². The molecule has 0 spiro atoms. The van der Waals surface area contributed by atoms with E-state index < -0.39 is 0 Å². The van der Waals surface area contributed by atoms with Gasteiger partial charge in [-0.1, -0.05) is 6.92 Å². The van der Waals surface area contributed by atoms with Crippen LogP contribution in [0.1, 0.15) is 30.1 Å². The zero-order valence-electron chi connectivity index (χ0n) is 10.9. The van der Waals surface area contributed by atoms with E-state index in [0.717, 1.165) is 18.4 Å². The van der Waals surface area contributed by atoms with E-state index in [0.29, 0.717) is 18.3 Å². The Hall–Kier alpha value is -0.670. The molecule has 4 heteroatoms. The number of carbonyl (C=O) groups is 1. The van der Waals surface area contributed by atoms with Crippen molar-refractivity contribution in [1.82, 2.24) is 5.32 Å². The Bertz CT molecular complexity index is 367. The van der Waals surface area contributed by atoms with Crippen molar-refractivity contribution in [2.24, 2.45) is 5.92 Å². The van der Waals surface area contributed by atoms with E-state index in [1.54, 1.807) is 11.8 Å². The monoisotopic (exact) mass is 285 g/mol. The van der Waals surface area contributed by atoms with Crippen LogP contribution in [0.25, 0.3) is 0 Å². The molecule has 0 aliphatic heterocycles. The van der Waals surface area contributed by atoms with Gasteiger partial charge in [-0.2, -0.15) is 0 Å². The van der Waals surface area contributed by atoms with Crippen LogP contribution < -0.4 is 5.32 Å². The number of hydrogen-bond donors (Lipinski definition) is 1. The van der Waals surface area contributed by atoms with Crippen molar-refractivity contribution in [3.63, 3.8) is 0 Å². The van der Waals surface area contributed by atoms with E-state index in [2.05, 4.69) is 12.2 Å². The summed E-state index contributed by atoms with van der Waals surface area (Å²) in [5.74, 6) is 1.20. The number of alkyl halides is 1. The Morgan fingerprint density at radius 1 is 1.39 bits per heavy atom. The maximum atomic E-state index is 11.8. The lowest BCUT2D eigenvalue weighted by Gasteiger charge is -2.08. The number of carbonyl (C=O) groups excluding carboxylic acids is 1. The Morgan fingerprint density at radius 3 is 2.61 bits per heavy atom. The molecule has 0 aliphatic rings. The maximum absolute atomic E-state index is 11.8. The highest BCUT2D eigenvalue weighted by molar-refractivity contribution is 7.98. The summed E-state index contributed by atoms with van der Waals surface area (Å²) in [6.07, 6.45) is 4.05. The van der Waals surface area contributed by atoms with E-state index in [-0.39, 0.29) is 5.91 Å². The molecule has 1 atom stereocenters. The highest BCUT2D eigenvalue weighted by atomic mass is 35.5. The fourth-order valence-electron chi connectivity index (χ4n) is 1.57. The summed E-state index contributed by atoms with van der Waals surface area (Å²) in [4.78, 5) is 13.0. The summed E-state index contributed by atoms with van der Waals surface area (Å²) in [5.41, 5.74) is 0.721. The summed E-state index contributed by atoms with van der Waals surface area (Å²) in [7, 11) is 0. The number of nitrogens with one attached hydrogen (secondary N) is 1. The molecule has 18 heavy (non-hydrogen) atoms. The van der Waals surface area contributed by atoms with Gasteiger partial charge in [0.25, 0.3) is 5.91 Å². The standard InChI is InChI=1S/C14H20ClNOS/c1-11(10-15)4-3-9-16-14(17)12-5-7-13(18-2)8-6-12/h5-8,11H,3-4,9-10H2,1-2H3,(H,16,17). The topological polar surface area (TPSA) is 29.1 Å². The van der Waals surface area contributed by atoms with Gasteiger partial charge in [0, 0.05) is 22.9 Å². The minimum absolute atomic E-state index is 0.00109. The lowest BCUT2D eigenvalue weighted by Crippen LogP contribution is -2.24. The van der Waals surface area contributed by atoms with Crippen LogP contribution in [0.4, 0.5) is 0 Å². The molecule has 0 saturated heterocycles.